The molecule has 2 aliphatic carbocycles. The quantitative estimate of drug-likeness (QED) is 0.222. The standard InChI is InChI=1S/C27H48O2Si2/c1-15-17-19(3)24(28-31(13,14)25(5,6)7)23-22-21(26(22,8)9)18-20(4)27(23,16-2)29-30(10,11)12/h2,17,19-24H,1,18H2,3-14H3/t19-,20-,21-,22-,23-,24-,27-/m1/s1. The minimum Gasteiger partial charge on any atom is -0.413 e. The van der Waals surface area contributed by atoms with Crippen LogP contribution in [0, 0.1) is 47.3 Å². The second-order valence-corrected chi connectivity index (χ2v) is 22.5. The van der Waals surface area contributed by atoms with E-state index in [1.165, 1.54) is 0 Å². The van der Waals surface area contributed by atoms with E-state index in [2.05, 4.69) is 106 Å². The summed E-state index contributed by atoms with van der Waals surface area (Å²) >= 11 is 0. The third-order valence-corrected chi connectivity index (χ3v) is 14.0. The van der Waals surface area contributed by atoms with Crippen molar-refractivity contribution in [3.63, 3.8) is 0 Å². The van der Waals surface area contributed by atoms with E-state index in [4.69, 9.17) is 15.3 Å². The van der Waals surface area contributed by atoms with Crippen LogP contribution in [0.3, 0.4) is 0 Å². The van der Waals surface area contributed by atoms with Gasteiger partial charge in [-0.2, -0.15) is 0 Å². The van der Waals surface area contributed by atoms with Crippen molar-refractivity contribution in [2.24, 2.45) is 35.0 Å². The van der Waals surface area contributed by atoms with Gasteiger partial charge in [0.05, 0.1) is 6.10 Å². The van der Waals surface area contributed by atoms with Gasteiger partial charge in [-0.3, -0.25) is 0 Å². The normalized spacial score (nSPS) is 34.7. The number of fused-ring (bicyclic) bond motifs is 1. The van der Waals surface area contributed by atoms with E-state index in [-0.39, 0.29) is 28.4 Å². The lowest BCUT2D eigenvalue weighted by Gasteiger charge is -2.53. The molecule has 4 heteroatoms. The molecule has 7 atom stereocenters. The Labute approximate surface area is 195 Å². The van der Waals surface area contributed by atoms with Crippen LogP contribution in [0.2, 0.25) is 37.8 Å². The Balaban J connectivity index is 2.69. The summed E-state index contributed by atoms with van der Waals surface area (Å²) in [6.45, 7) is 31.7. The fraction of sp³-hybridized carbons (Fsp3) is 0.815. The van der Waals surface area contributed by atoms with E-state index in [1.54, 1.807) is 0 Å². The summed E-state index contributed by atoms with van der Waals surface area (Å²) in [6.07, 6.45) is 9.64. The van der Waals surface area contributed by atoms with Gasteiger partial charge in [0, 0.05) is 11.8 Å². The van der Waals surface area contributed by atoms with Gasteiger partial charge in [0.25, 0.3) is 0 Å². The summed E-state index contributed by atoms with van der Waals surface area (Å²) in [5.74, 6) is 5.13. The number of hydrogen-bond acceptors (Lipinski definition) is 2. The Bertz CT molecular complexity index is 758. The largest absolute Gasteiger partial charge is 0.413 e. The van der Waals surface area contributed by atoms with Crippen molar-refractivity contribution in [1.82, 2.24) is 0 Å². The number of terminal acetylenes is 1. The van der Waals surface area contributed by atoms with Gasteiger partial charge >= 0.3 is 0 Å². The Morgan fingerprint density at radius 2 is 1.71 bits per heavy atom. The summed E-state index contributed by atoms with van der Waals surface area (Å²) in [5.41, 5.74) is 2.73. The van der Waals surface area contributed by atoms with Gasteiger partial charge in [0.15, 0.2) is 16.6 Å². The molecule has 0 aromatic rings. The van der Waals surface area contributed by atoms with Gasteiger partial charge in [0.2, 0.25) is 0 Å². The van der Waals surface area contributed by atoms with Crippen LogP contribution in [0.25, 0.3) is 0 Å². The Kier molecular flexibility index (Phi) is 7.17. The van der Waals surface area contributed by atoms with E-state index >= 15 is 0 Å². The van der Waals surface area contributed by atoms with Gasteiger partial charge in [-0.1, -0.05) is 61.0 Å². The smallest absolute Gasteiger partial charge is 0.192 e. The fourth-order valence-corrected chi connectivity index (χ4v) is 8.60. The highest BCUT2D eigenvalue weighted by atomic mass is 28.4. The summed E-state index contributed by atoms with van der Waals surface area (Å²) in [6, 6.07) is 0. The Morgan fingerprint density at radius 3 is 2.13 bits per heavy atom. The second-order valence-electron chi connectivity index (χ2n) is 13.3. The van der Waals surface area contributed by atoms with Crippen LogP contribution in [0.5, 0.6) is 0 Å². The first kappa shape index (κ1) is 26.7. The van der Waals surface area contributed by atoms with Crippen molar-refractivity contribution in [1.29, 1.82) is 0 Å². The van der Waals surface area contributed by atoms with Gasteiger partial charge in [-0.15, -0.1) is 12.2 Å². The zero-order chi connectivity index (χ0) is 24.2. The molecule has 0 saturated heterocycles. The zero-order valence-corrected chi connectivity index (χ0v) is 24.3. The lowest BCUT2D eigenvalue weighted by molar-refractivity contribution is -0.0882. The first-order valence-electron chi connectivity index (χ1n) is 12.1. The molecule has 0 unspecified atom stereocenters. The Hall–Kier alpha value is -0.566. The summed E-state index contributed by atoms with van der Waals surface area (Å²) in [5, 5.41) is 0.125. The molecule has 2 aliphatic rings. The molecule has 0 amide bonds. The van der Waals surface area contributed by atoms with Crippen molar-refractivity contribution in [3.8, 4) is 12.3 Å². The first-order chi connectivity index (χ1) is 13.9. The molecule has 0 heterocycles. The predicted molar refractivity (Wildman–Crippen MR) is 139 cm³/mol. The second kappa shape index (κ2) is 8.33. The number of hydrogen-bond donors (Lipinski definition) is 0. The van der Waals surface area contributed by atoms with E-state index in [1.807, 2.05) is 0 Å². The molecule has 2 nitrogen and oxygen atoms in total. The molecule has 176 valence electrons. The van der Waals surface area contributed by atoms with Crippen LogP contribution in [0.15, 0.2) is 18.4 Å². The maximum Gasteiger partial charge on any atom is 0.192 e. The van der Waals surface area contributed by atoms with Gasteiger partial charge < -0.3 is 8.85 Å². The molecule has 0 N–H and O–H groups in total. The first-order valence-corrected chi connectivity index (χ1v) is 18.4. The molecular weight excluding hydrogens is 412 g/mol. The summed E-state index contributed by atoms with van der Waals surface area (Å²) in [7, 11) is -3.94. The van der Waals surface area contributed by atoms with Crippen LogP contribution < -0.4 is 0 Å². The highest BCUT2D eigenvalue weighted by Gasteiger charge is 2.72. The molecule has 0 radical (unpaired) electrons. The van der Waals surface area contributed by atoms with Crippen molar-refractivity contribution in [3.05, 3.63) is 18.4 Å². The van der Waals surface area contributed by atoms with Crippen LogP contribution >= 0.6 is 0 Å². The van der Waals surface area contributed by atoms with E-state index < -0.39 is 22.2 Å². The topological polar surface area (TPSA) is 18.5 Å². The molecule has 31 heavy (non-hydrogen) atoms. The highest BCUT2D eigenvalue weighted by Crippen LogP contribution is 2.72. The number of rotatable bonds is 7. The van der Waals surface area contributed by atoms with Crippen LogP contribution in [0.1, 0.15) is 54.9 Å². The monoisotopic (exact) mass is 460 g/mol. The zero-order valence-electron chi connectivity index (χ0n) is 22.3. The molecule has 0 aromatic heterocycles. The Morgan fingerprint density at radius 1 is 1.16 bits per heavy atom. The van der Waals surface area contributed by atoms with Crippen LogP contribution in [-0.2, 0) is 8.85 Å². The minimum atomic E-state index is -2.04. The summed E-state index contributed by atoms with van der Waals surface area (Å²) in [4.78, 5) is 0. The molecule has 2 fully saturated rings. The van der Waals surface area contributed by atoms with Crippen LogP contribution in [0.4, 0.5) is 0 Å². The lowest BCUT2D eigenvalue weighted by Crippen LogP contribution is -2.61. The SMILES string of the molecule is C#C[C@]1(O[Si](C)(C)C)[C@@H]([C@H](O[Si](C)(C)C(C)(C)C)[C@H](C)C=C=C)[C@H]2[C@@H](C[C@H]1C)C2(C)C. The maximum absolute atomic E-state index is 7.25. The van der Waals surface area contributed by atoms with Crippen LogP contribution in [-0.4, -0.2) is 28.3 Å². The van der Waals surface area contributed by atoms with E-state index in [0.717, 1.165) is 6.42 Å². The van der Waals surface area contributed by atoms with Gasteiger partial charge in [0.1, 0.15) is 5.60 Å². The average molecular weight is 461 g/mol. The predicted octanol–water partition coefficient (Wildman–Crippen LogP) is 7.51. The third-order valence-electron chi connectivity index (χ3n) is 8.55. The van der Waals surface area contributed by atoms with Crippen molar-refractivity contribution in [2.45, 2.75) is 104 Å². The van der Waals surface area contributed by atoms with Crippen molar-refractivity contribution >= 4 is 16.6 Å². The van der Waals surface area contributed by atoms with Crippen molar-refractivity contribution < 1.29 is 8.85 Å². The van der Waals surface area contributed by atoms with E-state index in [0.29, 0.717) is 17.8 Å². The highest BCUT2D eigenvalue weighted by molar-refractivity contribution is 6.74. The summed E-state index contributed by atoms with van der Waals surface area (Å²) < 4.78 is 14.3. The molecular formula is C27H48O2Si2. The van der Waals surface area contributed by atoms with Gasteiger partial charge in [-0.05, 0) is 73.4 Å². The minimum absolute atomic E-state index is 0.000401. The molecule has 0 aromatic carbocycles. The van der Waals surface area contributed by atoms with E-state index in [9.17, 15) is 0 Å². The molecule has 2 saturated carbocycles. The third kappa shape index (κ3) is 4.87. The van der Waals surface area contributed by atoms with Crippen molar-refractivity contribution in [2.75, 3.05) is 0 Å². The lowest BCUT2D eigenvalue weighted by atomic mass is 9.65. The van der Waals surface area contributed by atoms with Gasteiger partial charge in [-0.25, -0.2) is 0 Å². The molecule has 0 spiro atoms. The molecule has 0 bridgehead atoms. The fourth-order valence-electron chi connectivity index (χ4n) is 5.80. The maximum atomic E-state index is 7.25. The average Bonchev–Trinajstić information content (AvgIpc) is 3.11. The molecule has 2 rings (SSSR count). The molecule has 0 aliphatic heterocycles.